The van der Waals surface area contributed by atoms with E-state index in [2.05, 4.69) is 5.32 Å². The van der Waals surface area contributed by atoms with Crippen LogP contribution in [0.15, 0.2) is 48.5 Å². The minimum Gasteiger partial charge on any atom is -0.490 e. The van der Waals surface area contributed by atoms with Crippen molar-refractivity contribution < 1.29 is 24.2 Å². The first-order valence-corrected chi connectivity index (χ1v) is 9.26. The van der Waals surface area contributed by atoms with Crippen molar-refractivity contribution in [1.29, 1.82) is 0 Å². The Hall–Kier alpha value is -3.28. The van der Waals surface area contributed by atoms with Crippen molar-refractivity contribution in [3.05, 3.63) is 59.7 Å². The summed E-state index contributed by atoms with van der Waals surface area (Å²) in [7, 11) is 0. The molecule has 2 aromatic rings. The Kier molecular flexibility index (Phi) is 8.09. The van der Waals surface area contributed by atoms with E-state index in [0.717, 1.165) is 18.4 Å². The maximum absolute atomic E-state index is 12.2. The van der Waals surface area contributed by atoms with E-state index in [1.165, 1.54) is 12.1 Å². The smallest absolute Gasteiger partial charge is 0.337 e. The van der Waals surface area contributed by atoms with Gasteiger partial charge in [-0.25, -0.2) is 4.79 Å². The third-order valence-electron chi connectivity index (χ3n) is 3.73. The van der Waals surface area contributed by atoms with Gasteiger partial charge in [0, 0.05) is 6.08 Å². The predicted octanol–water partition coefficient (Wildman–Crippen LogP) is 4.61. The highest BCUT2D eigenvalue weighted by molar-refractivity contribution is 6.06. The molecule has 0 radical (unpaired) electrons. The normalized spacial score (nSPS) is 10.6. The standard InChI is InChI=1S/C22H25NO5/c1-3-13-27-19-11-9-16(15-20(19)28-14-4-2)10-12-21(24)23-18-8-6-5-7-17(18)22(25)26/h5-12,15H,3-4,13-14H2,1-2H3,(H,23,24)(H,25,26). The molecular weight excluding hydrogens is 358 g/mol. The zero-order valence-corrected chi connectivity index (χ0v) is 16.1. The Morgan fingerprint density at radius 1 is 1.00 bits per heavy atom. The number of rotatable bonds is 10. The number of ether oxygens (including phenoxy) is 2. The molecule has 0 aromatic heterocycles. The predicted molar refractivity (Wildman–Crippen MR) is 109 cm³/mol. The Balaban J connectivity index is 2.12. The van der Waals surface area contributed by atoms with E-state index in [1.54, 1.807) is 24.3 Å². The quantitative estimate of drug-likeness (QED) is 0.585. The van der Waals surface area contributed by atoms with Gasteiger partial charge in [0.05, 0.1) is 24.5 Å². The number of amides is 1. The number of hydrogen-bond donors (Lipinski definition) is 2. The number of benzene rings is 2. The summed E-state index contributed by atoms with van der Waals surface area (Å²) < 4.78 is 11.4. The van der Waals surface area contributed by atoms with E-state index >= 15 is 0 Å². The van der Waals surface area contributed by atoms with Gasteiger partial charge < -0.3 is 19.9 Å². The van der Waals surface area contributed by atoms with Crippen molar-refractivity contribution in [3.63, 3.8) is 0 Å². The number of aromatic carboxylic acids is 1. The first kappa shape index (κ1) is 21.0. The molecule has 0 saturated heterocycles. The Morgan fingerprint density at radius 3 is 2.36 bits per heavy atom. The Labute approximate surface area is 164 Å². The van der Waals surface area contributed by atoms with Gasteiger partial charge in [-0.15, -0.1) is 0 Å². The second-order valence-corrected chi connectivity index (χ2v) is 6.08. The van der Waals surface area contributed by atoms with E-state index in [-0.39, 0.29) is 11.3 Å². The van der Waals surface area contributed by atoms with Gasteiger partial charge in [-0.2, -0.15) is 0 Å². The molecule has 2 aromatic carbocycles. The van der Waals surface area contributed by atoms with Crippen molar-refractivity contribution in [3.8, 4) is 11.5 Å². The average Bonchev–Trinajstić information content (AvgIpc) is 2.70. The van der Waals surface area contributed by atoms with Crippen LogP contribution < -0.4 is 14.8 Å². The second kappa shape index (κ2) is 10.8. The van der Waals surface area contributed by atoms with E-state index in [4.69, 9.17) is 9.47 Å². The monoisotopic (exact) mass is 383 g/mol. The first-order valence-electron chi connectivity index (χ1n) is 9.26. The molecule has 1 amide bonds. The molecule has 0 aliphatic rings. The lowest BCUT2D eigenvalue weighted by atomic mass is 10.1. The molecule has 0 aliphatic heterocycles. The lowest BCUT2D eigenvalue weighted by Crippen LogP contribution is -2.11. The molecule has 6 heteroatoms. The number of nitrogens with one attached hydrogen (secondary N) is 1. The lowest BCUT2D eigenvalue weighted by molar-refractivity contribution is -0.111. The third-order valence-corrected chi connectivity index (χ3v) is 3.73. The number of para-hydroxylation sites is 1. The lowest BCUT2D eigenvalue weighted by Gasteiger charge is -2.12. The highest BCUT2D eigenvalue weighted by atomic mass is 16.5. The maximum Gasteiger partial charge on any atom is 0.337 e. The molecule has 0 unspecified atom stereocenters. The molecule has 28 heavy (non-hydrogen) atoms. The van der Waals surface area contributed by atoms with Gasteiger partial charge in [0.2, 0.25) is 5.91 Å². The summed E-state index contributed by atoms with van der Waals surface area (Å²) in [6.07, 6.45) is 4.76. The summed E-state index contributed by atoms with van der Waals surface area (Å²) in [4.78, 5) is 23.4. The molecule has 2 rings (SSSR count). The summed E-state index contributed by atoms with van der Waals surface area (Å²) in [5.41, 5.74) is 1.06. The minimum absolute atomic E-state index is 0.0388. The zero-order valence-electron chi connectivity index (χ0n) is 16.1. The fraction of sp³-hybridized carbons (Fsp3) is 0.273. The number of carboxylic acid groups (broad SMARTS) is 1. The van der Waals surface area contributed by atoms with Crippen LogP contribution in [0.4, 0.5) is 5.69 Å². The summed E-state index contributed by atoms with van der Waals surface area (Å²) in [5, 5.41) is 11.8. The van der Waals surface area contributed by atoms with Crippen LogP contribution in [0.25, 0.3) is 6.08 Å². The molecule has 148 valence electrons. The average molecular weight is 383 g/mol. The zero-order chi connectivity index (χ0) is 20.4. The fourth-order valence-electron chi connectivity index (χ4n) is 2.41. The number of carbonyl (C=O) groups is 2. The van der Waals surface area contributed by atoms with E-state index < -0.39 is 11.9 Å². The SMILES string of the molecule is CCCOc1ccc(C=CC(=O)Nc2ccccc2C(=O)O)cc1OCCC. The molecule has 0 saturated carbocycles. The highest BCUT2D eigenvalue weighted by Gasteiger charge is 2.10. The van der Waals surface area contributed by atoms with Gasteiger partial charge in [0.25, 0.3) is 0 Å². The van der Waals surface area contributed by atoms with E-state index in [9.17, 15) is 14.7 Å². The van der Waals surface area contributed by atoms with Gasteiger partial charge in [-0.3, -0.25) is 4.79 Å². The van der Waals surface area contributed by atoms with Crippen LogP contribution in [0.1, 0.15) is 42.6 Å². The molecule has 2 N–H and O–H groups in total. The molecule has 0 aliphatic carbocycles. The molecule has 0 atom stereocenters. The molecule has 0 heterocycles. The third kappa shape index (κ3) is 6.16. The van der Waals surface area contributed by atoms with Crippen molar-refractivity contribution in [1.82, 2.24) is 0 Å². The van der Waals surface area contributed by atoms with Gasteiger partial charge in [0.15, 0.2) is 11.5 Å². The van der Waals surface area contributed by atoms with Crippen molar-refractivity contribution in [2.75, 3.05) is 18.5 Å². The molecule has 0 spiro atoms. The van der Waals surface area contributed by atoms with Gasteiger partial charge >= 0.3 is 5.97 Å². The fourth-order valence-corrected chi connectivity index (χ4v) is 2.41. The minimum atomic E-state index is -1.10. The number of carbonyl (C=O) groups excluding carboxylic acids is 1. The highest BCUT2D eigenvalue weighted by Crippen LogP contribution is 2.29. The summed E-state index contributed by atoms with van der Waals surface area (Å²) >= 11 is 0. The van der Waals surface area contributed by atoms with E-state index in [1.807, 2.05) is 32.0 Å². The number of carboxylic acids is 1. The van der Waals surface area contributed by atoms with Crippen molar-refractivity contribution >= 4 is 23.6 Å². The van der Waals surface area contributed by atoms with Crippen molar-refractivity contribution in [2.24, 2.45) is 0 Å². The Bertz CT molecular complexity index is 845. The second-order valence-electron chi connectivity index (χ2n) is 6.08. The largest absolute Gasteiger partial charge is 0.490 e. The van der Waals surface area contributed by atoms with Crippen LogP contribution in [0.2, 0.25) is 0 Å². The van der Waals surface area contributed by atoms with Crippen LogP contribution in [-0.2, 0) is 4.79 Å². The van der Waals surface area contributed by atoms with Crippen molar-refractivity contribution in [2.45, 2.75) is 26.7 Å². The molecular formula is C22H25NO5. The topological polar surface area (TPSA) is 84.9 Å². The molecule has 0 bridgehead atoms. The summed E-state index contributed by atoms with van der Waals surface area (Å²) in [6, 6.07) is 11.7. The maximum atomic E-state index is 12.2. The van der Waals surface area contributed by atoms with Crippen LogP contribution in [0.3, 0.4) is 0 Å². The van der Waals surface area contributed by atoms with E-state index in [0.29, 0.717) is 24.7 Å². The van der Waals surface area contributed by atoms with Crippen LogP contribution in [0.5, 0.6) is 11.5 Å². The molecule has 0 fully saturated rings. The Morgan fingerprint density at radius 2 is 1.68 bits per heavy atom. The van der Waals surface area contributed by atoms with Gasteiger partial charge in [0.1, 0.15) is 0 Å². The van der Waals surface area contributed by atoms with Gasteiger partial charge in [-0.05, 0) is 48.7 Å². The summed E-state index contributed by atoms with van der Waals surface area (Å²) in [6.45, 7) is 5.23. The van der Waals surface area contributed by atoms with Gasteiger partial charge in [-0.1, -0.05) is 32.0 Å². The summed E-state index contributed by atoms with van der Waals surface area (Å²) in [5.74, 6) is -0.210. The number of hydrogen-bond acceptors (Lipinski definition) is 4. The molecule has 6 nitrogen and oxygen atoms in total. The van der Waals surface area contributed by atoms with Crippen LogP contribution in [-0.4, -0.2) is 30.2 Å². The van der Waals surface area contributed by atoms with Crippen LogP contribution in [0, 0.1) is 0 Å². The first-order chi connectivity index (χ1) is 13.5. The van der Waals surface area contributed by atoms with Crippen LogP contribution >= 0.6 is 0 Å². The number of anilines is 1.